The van der Waals surface area contributed by atoms with Crippen molar-refractivity contribution in [1.82, 2.24) is 0 Å². The van der Waals surface area contributed by atoms with Crippen molar-refractivity contribution in [2.45, 2.75) is 25.4 Å². The first-order valence-electron chi connectivity index (χ1n) is 5.90. The van der Waals surface area contributed by atoms with Gasteiger partial charge in [0.15, 0.2) is 0 Å². The summed E-state index contributed by atoms with van der Waals surface area (Å²) in [5.41, 5.74) is 0.603. The van der Waals surface area contributed by atoms with E-state index in [4.69, 9.17) is 4.74 Å². The molecule has 1 fully saturated rings. The van der Waals surface area contributed by atoms with Gasteiger partial charge in [-0.3, -0.25) is 4.79 Å². The highest BCUT2D eigenvalue weighted by Crippen LogP contribution is 2.26. The lowest BCUT2D eigenvalue weighted by Gasteiger charge is -2.11. The molecule has 2 rings (SSSR count). The molecular formula is C12H14O7S. The minimum absolute atomic E-state index is 0.0637. The van der Waals surface area contributed by atoms with Crippen LogP contribution in [0.4, 0.5) is 0 Å². The van der Waals surface area contributed by atoms with Gasteiger partial charge in [-0.15, -0.1) is 0 Å². The number of carbonyl (C=O) groups is 1. The highest BCUT2D eigenvalue weighted by Gasteiger charge is 2.24. The van der Waals surface area contributed by atoms with Crippen LogP contribution in [0.1, 0.15) is 18.4 Å². The Morgan fingerprint density at radius 1 is 1.40 bits per heavy atom. The average molecular weight is 302 g/mol. The van der Waals surface area contributed by atoms with E-state index in [1.54, 1.807) is 0 Å². The third kappa shape index (κ3) is 3.84. The molecule has 1 heterocycles. The van der Waals surface area contributed by atoms with Gasteiger partial charge in [-0.05, 0) is 24.1 Å². The van der Waals surface area contributed by atoms with E-state index in [0.29, 0.717) is 24.8 Å². The van der Waals surface area contributed by atoms with Gasteiger partial charge in [-0.1, -0.05) is 0 Å². The molecule has 1 unspecified atom stereocenters. The fourth-order valence-corrected chi connectivity index (χ4v) is 2.35. The van der Waals surface area contributed by atoms with Crippen molar-refractivity contribution in [3.05, 3.63) is 23.8 Å². The van der Waals surface area contributed by atoms with Crippen LogP contribution in [0.5, 0.6) is 11.5 Å². The second kappa shape index (κ2) is 5.68. The van der Waals surface area contributed by atoms with Gasteiger partial charge < -0.3 is 14.0 Å². The summed E-state index contributed by atoms with van der Waals surface area (Å²) in [6, 6.07) is 4.06. The standard InChI is InChI=1S/C12H14O7S/c1-17-20(15,16)19-11-6-8(4-9(13)7-11)5-10-2-3-12(14)18-10/h4,6-7,10,13H,2-3,5H2,1H3. The Labute approximate surface area is 116 Å². The molecule has 1 atom stereocenters. The molecule has 1 aliphatic heterocycles. The highest BCUT2D eigenvalue weighted by molar-refractivity contribution is 7.82. The Bertz CT molecular complexity index is 608. The summed E-state index contributed by atoms with van der Waals surface area (Å²) >= 11 is 0. The number of rotatable bonds is 5. The van der Waals surface area contributed by atoms with Gasteiger partial charge in [0.05, 0.1) is 7.11 Å². The smallest absolute Gasteiger partial charge is 0.448 e. The molecule has 0 radical (unpaired) electrons. The van der Waals surface area contributed by atoms with Gasteiger partial charge in [0, 0.05) is 18.9 Å². The van der Waals surface area contributed by atoms with Gasteiger partial charge >= 0.3 is 16.4 Å². The van der Waals surface area contributed by atoms with E-state index in [-0.39, 0.29) is 23.6 Å². The number of carbonyl (C=O) groups excluding carboxylic acids is 1. The van der Waals surface area contributed by atoms with E-state index in [0.717, 1.165) is 13.2 Å². The Morgan fingerprint density at radius 3 is 2.75 bits per heavy atom. The predicted octanol–water partition coefficient (Wildman–Crippen LogP) is 0.910. The summed E-state index contributed by atoms with van der Waals surface area (Å²) < 4.78 is 36.2. The van der Waals surface area contributed by atoms with Crippen LogP contribution in [0.3, 0.4) is 0 Å². The molecule has 0 spiro atoms. The normalized spacial score (nSPS) is 18.9. The molecule has 1 aromatic carbocycles. The minimum Gasteiger partial charge on any atom is -0.508 e. The molecule has 0 amide bonds. The van der Waals surface area contributed by atoms with E-state index >= 15 is 0 Å². The number of phenolic OH excluding ortho intramolecular Hbond substituents is 1. The van der Waals surface area contributed by atoms with Crippen molar-refractivity contribution in [1.29, 1.82) is 0 Å². The molecule has 0 saturated carbocycles. The Hall–Kier alpha value is -1.80. The van der Waals surface area contributed by atoms with E-state index in [9.17, 15) is 18.3 Å². The fourth-order valence-electron chi connectivity index (χ4n) is 1.95. The summed E-state index contributed by atoms with van der Waals surface area (Å²) in [6.45, 7) is 0. The van der Waals surface area contributed by atoms with Crippen LogP contribution in [0.2, 0.25) is 0 Å². The number of ether oxygens (including phenoxy) is 1. The van der Waals surface area contributed by atoms with Crippen LogP contribution < -0.4 is 4.18 Å². The van der Waals surface area contributed by atoms with Gasteiger partial charge in [0.25, 0.3) is 0 Å². The van der Waals surface area contributed by atoms with Crippen molar-refractivity contribution >= 4 is 16.4 Å². The molecular weight excluding hydrogens is 288 g/mol. The van der Waals surface area contributed by atoms with E-state index in [1.165, 1.54) is 12.1 Å². The zero-order chi connectivity index (χ0) is 14.8. The molecule has 1 aliphatic rings. The second-order valence-electron chi connectivity index (χ2n) is 4.35. The molecule has 7 nitrogen and oxygen atoms in total. The molecule has 1 aromatic rings. The minimum atomic E-state index is -4.14. The maximum Gasteiger partial charge on any atom is 0.448 e. The van der Waals surface area contributed by atoms with E-state index in [1.807, 2.05) is 0 Å². The van der Waals surface area contributed by atoms with Crippen molar-refractivity contribution in [3.63, 3.8) is 0 Å². The maximum absolute atomic E-state index is 11.2. The summed E-state index contributed by atoms with van der Waals surface area (Å²) in [6.07, 6.45) is 1.08. The van der Waals surface area contributed by atoms with Gasteiger partial charge in [-0.2, -0.15) is 8.42 Å². The van der Waals surface area contributed by atoms with Crippen molar-refractivity contribution in [2.24, 2.45) is 0 Å². The molecule has 0 aliphatic carbocycles. The van der Waals surface area contributed by atoms with Crippen LogP contribution in [0.25, 0.3) is 0 Å². The van der Waals surface area contributed by atoms with Gasteiger partial charge in [-0.25, -0.2) is 4.18 Å². The Kier molecular flexibility index (Phi) is 4.15. The van der Waals surface area contributed by atoms with Crippen LogP contribution in [-0.2, 0) is 30.5 Å². The van der Waals surface area contributed by atoms with Crippen LogP contribution in [0, 0.1) is 0 Å². The quantitative estimate of drug-likeness (QED) is 0.807. The zero-order valence-electron chi connectivity index (χ0n) is 10.7. The lowest BCUT2D eigenvalue weighted by Crippen LogP contribution is -2.12. The lowest BCUT2D eigenvalue weighted by molar-refractivity contribution is -0.141. The summed E-state index contributed by atoms with van der Waals surface area (Å²) in [7, 11) is -3.17. The van der Waals surface area contributed by atoms with Crippen molar-refractivity contribution in [2.75, 3.05) is 7.11 Å². The molecule has 0 aromatic heterocycles. The van der Waals surface area contributed by atoms with Gasteiger partial charge in [0.1, 0.15) is 17.6 Å². The molecule has 1 N–H and O–H groups in total. The predicted molar refractivity (Wildman–Crippen MR) is 67.5 cm³/mol. The molecule has 0 bridgehead atoms. The largest absolute Gasteiger partial charge is 0.508 e. The molecule has 1 saturated heterocycles. The van der Waals surface area contributed by atoms with E-state index < -0.39 is 10.4 Å². The number of hydrogen-bond acceptors (Lipinski definition) is 7. The SMILES string of the molecule is COS(=O)(=O)Oc1cc(O)cc(CC2CCC(=O)O2)c1. The fraction of sp³-hybridized carbons (Fsp3) is 0.417. The van der Waals surface area contributed by atoms with E-state index in [2.05, 4.69) is 8.37 Å². The second-order valence-corrected chi connectivity index (χ2v) is 5.66. The number of aromatic hydroxyl groups is 1. The van der Waals surface area contributed by atoms with Crippen LogP contribution in [-0.4, -0.2) is 32.7 Å². The zero-order valence-corrected chi connectivity index (χ0v) is 11.6. The first-order chi connectivity index (χ1) is 9.38. The van der Waals surface area contributed by atoms with Crippen molar-refractivity contribution in [3.8, 4) is 11.5 Å². The Morgan fingerprint density at radius 2 is 2.15 bits per heavy atom. The maximum atomic E-state index is 11.2. The topological polar surface area (TPSA) is 99.1 Å². The third-order valence-corrected chi connectivity index (χ3v) is 3.59. The summed E-state index contributed by atoms with van der Waals surface area (Å²) in [5, 5.41) is 9.57. The summed E-state index contributed by atoms with van der Waals surface area (Å²) in [5.74, 6) is -0.465. The number of cyclic esters (lactones) is 1. The lowest BCUT2D eigenvalue weighted by atomic mass is 10.1. The average Bonchev–Trinajstić information content (AvgIpc) is 2.73. The summed E-state index contributed by atoms with van der Waals surface area (Å²) in [4.78, 5) is 11.0. The first kappa shape index (κ1) is 14.6. The van der Waals surface area contributed by atoms with Crippen LogP contribution in [0.15, 0.2) is 18.2 Å². The number of esters is 1. The number of hydrogen-bond donors (Lipinski definition) is 1. The van der Waals surface area contributed by atoms with Crippen LogP contribution >= 0.6 is 0 Å². The molecule has 8 heteroatoms. The number of phenols is 1. The first-order valence-corrected chi connectivity index (χ1v) is 7.24. The van der Waals surface area contributed by atoms with Gasteiger partial charge in [0.2, 0.25) is 0 Å². The Balaban J connectivity index is 2.14. The molecule has 110 valence electrons. The monoisotopic (exact) mass is 302 g/mol. The van der Waals surface area contributed by atoms with Crippen molar-refractivity contribution < 1.29 is 31.4 Å². The number of benzene rings is 1. The third-order valence-electron chi connectivity index (χ3n) is 2.79. The molecule has 20 heavy (non-hydrogen) atoms. The highest BCUT2D eigenvalue weighted by atomic mass is 32.3.